The Balaban J connectivity index is 0.00000192. The average molecular weight is 408 g/mol. The van der Waals surface area contributed by atoms with Crippen LogP contribution in [0.1, 0.15) is 42.5 Å². The summed E-state index contributed by atoms with van der Waals surface area (Å²) < 4.78 is 10.7. The van der Waals surface area contributed by atoms with Crippen LogP contribution in [0.4, 0.5) is 0 Å². The lowest BCUT2D eigenvalue weighted by atomic mass is 10.1. The lowest BCUT2D eigenvalue weighted by molar-refractivity contribution is -0.137. The molecule has 0 saturated carbocycles. The molecule has 8 heteroatoms. The second-order valence-electron chi connectivity index (χ2n) is 7.85. The van der Waals surface area contributed by atoms with E-state index in [2.05, 4.69) is 10.2 Å². The SMILES string of the molecule is Cl.O=C(c1ccc2c(c1)OCO2)N1CCCC1C(=O)N1C2CCNCC1CC2. The highest BCUT2D eigenvalue weighted by Gasteiger charge is 2.44. The van der Waals surface area contributed by atoms with Crippen molar-refractivity contribution in [2.45, 2.75) is 50.2 Å². The first-order valence-electron chi connectivity index (χ1n) is 9.96. The van der Waals surface area contributed by atoms with Gasteiger partial charge < -0.3 is 24.6 Å². The van der Waals surface area contributed by atoms with Crippen LogP contribution >= 0.6 is 12.4 Å². The van der Waals surface area contributed by atoms with Crippen molar-refractivity contribution < 1.29 is 19.1 Å². The van der Waals surface area contributed by atoms with Gasteiger partial charge in [0.2, 0.25) is 12.7 Å². The summed E-state index contributed by atoms with van der Waals surface area (Å²) in [4.78, 5) is 30.4. The Morgan fingerprint density at radius 2 is 1.86 bits per heavy atom. The molecule has 28 heavy (non-hydrogen) atoms. The van der Waals surface area contributed by atoms with E-state index in [1.54, 1.807) is 23.1 Å². The minimum atomic E-state index is -0.343. The molecule has 5 rings (SSSR count). The molecule has 2 amide bonds. The molecule has 7 nitrogen and oxygen atoms in total. The fourth-order valence-corrected chi connectivity index (χ4v) is 4.98. The number of nitrogens with one attached hydrogen (secondary N) is 1. The number of amides is 2. The molecule has 1 aromatic rings. The number of carbonyl (C=O) groups excluding carboxylic acids is 2. The summed E-state index contributed by atoms with van der Waals surface area (Å²) in [6, 6.07) is 5.50. The fourth-order valence-electron chi connectivity index (χ4n) is 4.98. The van der Waals surface area contributed by atoms with Gasteiger partial charge in [-0.05, 0) is 56.8 Å². The van der Waals surface area contributed by atoms with E-state index in [-0.39, 0.29) is 43.1 Å². The first kappa shape index (κ1) is 19.3. The first-order valence-corrected chi connectivity index (χ1v) is 9.96. The Morgan fingerprint density at radius 3 is 2.75 bits per heavy atom. The van der Waals surface area contributed by atoms with Crippen molar-refractivity contribution in [3.05, 3.63) is 23.8 Å². The van der Waals surface area contributed by atoms with E-state index in [1.807, 2.05) is 0 Å². The Kier molecular flexibility index (Phi) is 5.38. The number of hydrogen-bond donors (Lipinski definition) is 1. The molecule has 1 aromatic carbocycles. The number of nitrogens with zero attached hydrogens (tertiary/aromatic N) is 2. The van der Waals surface area contributed by atoms with E-state index in [0.717, 1.165) is 45.2 Å². The van der Waals surface area contributed by atoms with E-state index in [0.29, 0.717) is 29.6 Å². The quantitative estimate of drug-likeness (QED) is 0.809. The maximum atomic E-state index is 13.4. The van der Waals surface area contributed by atoms with E-state index < -0.39 is 0 Å². The number of benzene rings is 1. The predicted molar refractivity (Wildman–Crippen MR) is 105 cm³/mol. The molecule has 0 aromatic heterocycles. The number of ether oxygens (including phenoxy) is 2. The molecular weight excluding hydrogens is 382 g/mol. The van der Waals surface area contributed by atoms with E-state index in [1.165, 1.54) is 0 Å². The van der Waals surface area contributed by atoms with Gasteiger partial charge >= 0.3 is 0 Å². The lowest BCUT2D eigenvalue weighted by Gasteiger charge is -2.33. The standard InChI is InChI=1S/C20H25N3O4.ClH/c24-19(13-3-6-17-18(10-13)27-12-26-17)22-9-1-2-16(22)20(25)23-14-4-5-15(23)11-21-8-7-14;/h3,6,10,14-16,21H,1-2,4-5,7-9,11-12H2;1H. The molecular formula is C20H26ClN3O4. The Morgan fingerprint density at radius 1 is 1.04 bits per heavy atom. The third kappa shape index (κ3) is 3.20. The molecule has 4 aliphatic heterocycles. The predicted octanol–water partition coefficient (Wildman–Crippen LogP) is 1.79. The van der Waals surface area contributed by atoms with Gasteiger partial charge in [0.25, 0.3) is 5.91 Å². The normalized spacial score (nSPS) is 28.1. The summed E-state index contributed by atoms with van der Waals surface area (Å²) in [6.45, 7) is 2.65. The molecule has 4 aliphatic rings. The summed E-state index contributed by atoms with van der Waals surface area (Å²) in [5.74, 6) is 1.30. The molecule has 3 saturated heterocycles. The smallest absolute Gasteiger partial charge is 0.254 e. The third-order valence-corrected chi connectivity index (χ3v) is 6.33. The van der Waals surface area contributed by atoms with Gasteiger partial charge in [0.05, 0.1) is 0 Å². The highest BCUT2D eigenvalue weighted by atomic mass is 35.5. The van der Waals surface area contributed by atoms with Crippen LogP contribution in [0.2, 0.25) is 0 Å². The molecule has 3 unspecified atom stereocenters. The van der Waals surface area contributed by atoms with Gasteiger partial charge in [-0.15, -0.1) is 12.4 Å². The molecule has 3 fully saturated rings. The minimum Gasteiger partial charge on any atom is -0.454 e. The van der Waals surface area contributed by atoms with Crippen LogP contribution < -0.4 is 14.8 Å². The third-order valence-electron chi connectivity index (χ3n) is 6.33. The van der Waals surface area contributed by atoms with Crippen LogP contribution in [0, 0.1) is 0 Å². The Labute approximate surface area is 170 Å². The average Bonchev–Trinajstić information content (AvgIpc) is 3.37. The lowest BCUT2D eigenvalue weighted by Crippen LogP contribution is -2.52. The largest absolute Gasteiger partial charge is 0.454 e. The van der Waals surface area contributed by atoms with Crippen LogP contribution in [0.15, 0.2) is 18.2 Å². The topological polar surface area (TPSA) is 71.1 Å². The van der Waals surface area contributed by atoms with Crippen molar-refractivity contribution in [2.75, 3.05) is 26.4 Å². The number of halogens is 1. The highest BCUT2D eigenvalue weighted by Crippen LogP contribution is 2.35. The highest BCUT2D eigenvalue weighted by molar-refractivity contribution is 5.98. The first-order chi connectivity index (χ1) is 13.2. The van der Waals surface area contributed by atoms with Crippen LogP contribution in [0.25, 0.3) is 0 Å². The van der Waals surface area contributed by atoms with Crippen molar-refractivity contribution in [3.8, 4) is 11.5 Å². The van der Waals surface area contributed by atoms with Gasteiger partial charge in [-0.2, -0.15) is 0 Å². The van der Waals surface area contributed by atoms with Gasteiger partial charge in [0.15, 0.2) is 11.5 Å². The zero-order valence-corrected chi connectivity index (χ0v) is 16.6. The van der Waals surface area contributed by atoms with Crippen molar-refractivity contribution in [3.63, 3.8) is 0 Å². The van der Waals surface area contributed by atoms with Crippen molar-refractivity contribution in [2.24, 2.45) is 0 Å². The molecule has 0 radical (unpaired) electrons. The number of fused-ring (bicyclic) bond motifs is 3. The van der Waals surface area contributed by atoms with Crippen molar-refractivity contribution in [1.29, 1.82) is 0 Å². The van der Waals surface area contributed by atoms with E-state index in [4.69, 9.17) is 9.47 Å². The molecule has 0 spiro atoms. The number of likely N-dealkylation sites (tertiary alicyclic amines) is 1. The van der Waals surface area contributed by atoms with Gasteiger partial charge in [-0.3, -0.25) is 9.59 Å². The maximum absolute atomic E-state index is 13.4. The fraction of sp³-hybridized carbons (Fsp3) is 0.600. The number of hydrogen-bond acceptors (Lipinski definition) is 5. The molecule has 152 valence electrons. The Hall–Kier alpha value is -1.99. The summed E-state index contributed by atoms with van der Waals surface area (Å²) >= 11 is 0. The van der Waals surface area contributed by atoms with Gasteiger partial charge in [-0.25, -0.2) is 0 Å². The molecule has 3 atom stereocenters. The molecule has 2 bridgehead atoms. The number of rotatable bonds is 2. The van der Waals surface area contributed by atoms with Crippen LogP contribution in [0.3, 0.4) is 0 Å². The van der Waals surface area contributed by atoms with Gasteiger partial charge in [0.1, 0.15) is 6.04 Å². The maximum Gasteiger partial charge on any atom is 0.254 e. The zero-order chi connectivity index (χ0) is 18.4. The van der Waals surface area contributed by atoms with Gasteiger partial charge in [0, 0.05) is 30.7 Å². The summed E-state index contributed by atoms with van der Waals surface area (Å²) in [5, 5.41) is 3.44. The monoisotopic (exact) mass is 407 g/mol. The van der Waals surface area contributed by atoms with E-state index in [9.17, 15) is 9.59 Å². The van der Waals surface area contributed by atoms with Crippen molar-refractivity contribution >= 4 is 24.2 Å². The van der Waals surface area contributed by atoms with E-state index >= 15 is 0 Å². The van der Waals surface area contributed by atoms with Crippen LogP contribution in [0.5, 0.6) is 11.5 Å². The van der Waals surface area contributed by atoms with Crippen LogP contribution in [-0.2, 0) is 4.79 Å². The summed E-state index contributed by atoms with van der Waals surface area (Å²) in [5.41, 5.74) is 0.555. The number of carbonyl (C=O) groups is 2. The second-order valence-corrected chi connectivity index (χ2v) is 7.85. The summed E-state index contributed by atoms with van der Waals surface area (Å²) in [7, 11) is 0. The molecule has 1 N–H and O–H groups in total. The molecule has 0 aliphatic carbocycles. The van der Waals surface area contributed by atoms with Crippen LogP contribution in [-0.4, -0.2) is 66.2 Å². The van der Waals surface area contributed by atoms with Gasteiger partial charge in [-0.1, -0.05) is 0 Å². The zero-order valence-electron chi connectivity index (χ0n) is 15.8. The molecule has 4 heterocycles. The Bertz CT molecular complexity index is 760. The van der Waals surface area contributed by atoms with Crippen molar-refractivity contribution in [1.82, 2.24) is 15.1 Å². The summed E-state index contributed by atoms with van der Waals surface area (Å²) in [6.07, 6.45) is 4.77. The minimum absolute atomic E-state index is 0. The second kappa shape index (κ2) is 7.79.